The number of carbonyl (C=O) groups is 2. The molecule has 1 aliphatic rings. The molecule has 1 unspecified atom stereocenters. The van der Waals surface area contributed by atoms with E-state index in [-0.39, 0.29) is 17.7 Å². The molecular formula is C19H21N3O2S. The van der Waals surface area contributed by atoms with Crippen LogP contribution >= 0.6 is 11.3 Å². The number of piperidine rings is 1. The summed E-state index contributed by atoms with van der Waals surface area (Å²) in [4.78, 5) is 30.4. The Morgan fingerprint density at radius 1 is 1.36 bits per heavy atom. The third-order valence-corrected chi connectivity index (χ3v) is 5.31. The van der Waals surface area contributed by atoms with Crippen molar-refractivity contribution in [2.45, 2.75) is 19.8 Å². The van der Waals surface area contributed by atoms with E-state index in [1.165, 1.54) is 6.08 Å². The van der Waals surface area contributed by atoms with Crippen molar-refractivity contribution in [3.63, 3.8) is 0 Å². The van der Waals surface area contributed by atoms with Crippen molar-refractivity contribution in [1.82, 2.24) is 9.88 Å². The molecule has 1 aromatic carbocycles. The molecule has 130 valence electrons. The molecule has 25 heavy (non-hydrogen) atoms. The largest absolute Gasteiger partial charge is 0.338 e. The maximum absolute atomic E-state index is 12.5. The Bertz CT molecular complexity index is 782. The fourth-order valence-corrected chi connectivity index (χ4v) is 3.75. The van der Waals surface area contributed by atoms with Gasteiger partial charge in [-0.15, -0.1) is 11.3 Å². The van der Waals surface area contributed by atoms with Gasteiger partial charge < -0.3 is 10.2 Å². The predicted molar refractivity (Wildman–Crippen MR) is 100 cm³/mol. The Morgan fingerprint density at radius 2 is 2.12 bits per heavy atom. The van der Waals surface area contributed by atoms with Crippen LogP contribution in [-0.4, -0.2) is 34.8 Å². The number of nitrogens with one attached hydrogen (secondary N) is 1. The van der Waals surface area contributed by atoms with E-state index in [0.717, 1.165) is 34.8 Å². The smallest absolute Gasteiger partial charge is 0.245 e. The number of aryl methyl sites for hydroxylation is 1. The number of benzene rings is 1. The van der Waals surface area contributed by atoms with E-state index in [4.69, 9.17) is 0 Å². The number of likely N-dealkylation sites (tertiary alicyclic amines) is 1. The standard InChI is InChI=1S/C19H21N3O2S/c1-3-17(23)22-10-4-5-15(11-22)18(24)21-16-8-6-14(7-9-16)19-20-13(2)12-25-19/h3,6-9,12,15H,1,4-5,10-11H2,2H3,(H,21,24). The number of amides is 2. The topological polar surface area (TPSA) is 62.3 Å². The molecule has 2 heterocycles. The molecule has 6 heteroatoms. The van der Waals surface area contributed by atoms with Gasteiger partial charge in [0.25, 0.3) is 0 Å². The number of rotatable bonds is 4. The fraction of sp³-hybridized carbons (Fsp3) is 0.316. The van der Waals surface area contributed by atoms with Crippen molar-refractivity contribution in [1.29, 1.82) is 0 Å². The second-order valence-electron chi connectivity index (χ2n) is 6.19. The van der Waals surface area contributed by atoms with Gasteiger partial charge in [0.05, 0.1) is 5.92 Å². The van der Waals surface area contributed by atoms with Crippen LogP contribution in [0, 0.1) is 12.8 Å². The first-order valence-electron chi connectivity index (χ1n) is 8.31. The average molecular weight is 355 g/mol. The minimum absolute atomic E-state index is 0.0422. The Morgan fingerprint density at radius 3 is 2.76 bits per heavy atom. The molecule has 0 spiro atoms. The number of anilines is 1. The molecule has 1 N–H and O–H groups in total. The molecule has 0 radical (unpaired) electrons. The van der Waals surface area contributed by atoms with E-state index in [9.17, 15) is 9.59 Å². The van der Waals surface area contributed by atoms with Crippen LogP contribution in [0.4, 0.5) is 5.69 Å². The predicted octanol–water partition coefficient (Wildman–Crippen LogP) is 3.48. The second kappa shape index (κ2) is 7.61. The highest BCUT2D eigenvalue weighted by molar-refractivity contribution is 7.13. The van der Waals surface area contributed by atoms with Crippen LogP contribution < -0.4 is 5.32 Å². The lowest BCUT2D eigenvalue weighted by Crippen LogP contribution is -2.43. The molecule has 0 saturated carbocycles. The molecule has 0 bridgehead atoms. The van der Waals surface area contributed by atoms with Crippen molar-refractivity contribution in [3.05, 3.63) is 48.0 Å². The normalized spacial score (nSPS) is 17.2. The zero-order chi connectivity index (χ0) is 17.8. The van der Waals surface area contributed by atoms with Crippen LogP contribution in [0.1, 0.15) is 18.5 Å². The maximum atomic E-state index is 12.5. The highest BCUT2D eigenvalue weighted by atomic mass is 32.1. The molecule has 2 aromatic rings. The fourth-order valence-electron chi connectivity index (χ4n) is 2.95. The first-order chi connectivity index (χ1) is 12.1. The number of thiazole rings is 1. The Kier molecular flexibility index (Phi) is 5.28. The highest BCUT2D eigenvalue weighted by Crippen LogP contribution is 2.25. The van der Waals surface area contributed by atoms with Gasteiger partial charge in [-0.25, -0.2) is 4.98 Å². The molecule has 1 fully saturated rings. The summed E-state index contributed by atoms with van der Waals surface area (Å²) in [6.45, 7) is 6.63. The lowest BCUT2D eigenvalue weighted by molar-refractivity contribution is -0.130. The van der Waals surface area contributed by atoms with E-state index >= 15 is 0 Å². The van der Waals surface area contributed by atoms with E-state index < -0.39 is 0 Å². The average Bonchev–Trinajstić information content (AvgIpc) is 3.08. The quantitative estimate of drug-likeness (QED) is 0.854. The number of aromatic nitrogens is 1. The van der Waals surface area contributed by atoms with Crippen molar-refractivity contribution in [3.8, 4) is 10.6 Å². The molecule has 1 saturated heterocycles. The first kappa shape index (κ1) is 17.4. The first-order valence-corrected chi connectivity index (χ1v) is 9.19. The lowest BCUT2D eigenvalue weighted by Gasteiger charge is -2.31. The molecule has 1 aromatic heterocycles. The SMILES string of the molecule is C=CC(=O)N1CCCC(C(=O)Nc2ccc(-c3nc(C)cs3)cc2)C1. The molecule has 0 aliphatic carbocycles. The molecule has 1 atom stereocenters. The third-order valence-electron chi connectivity index (χ3n) is 4.30. The van der Waals surface area contributed by atoms with Crippen molar-refractivity contribution < 1.29 is 9.59 Å². The van der Waals surface area contributed by atoms with Gasteiger partial charge in [-0.05, 0) is 50.1 Å². The molecular weight excluding hydrogens is 334 g/mol. The van der Waals surface area contributed by atoms with Crippen LogP contribution in [0.25, 0.3) is 10.6 Å². The van der Waals surface area contributed by atoms with E-state index in [0.29, 0.717) is 13.1 Å². The van der Waals surface area contributed by atoms with Crippen molar-refractivity contribution in [2.24, 2.45) is 5.92 Å². The monoisotopic (exact) mass is 355 g/mol. The summed E-state index contributed by atoms with van der Waals surface area (Å²) in [7, 11) is 0. The number of hydrogen-bond acceptors (Lipinski definition) is 4. The summed E-state index contributed by atoms with van der Waals surface area (Å²) in [6.07, 6.45) is 2.93. The third kappa shape index (κ3) is 4.14. The van der Waals surface area contributed by atoms with Crippen LogP contribution in [0.5, 0.6) is 0 Å². The van der Waals surface area contributed by atoms with Gasteiger partial charge in [0.15, 0.2) is 0 Å². The Labute approximate surface area is 151 Å². The van der Waals surface area contributed by atoms with Crippen LogP contribution in [0.15, 0.2) is 42.3 Å². The second-order valence-corrected chi connectivity index (χ2v) is 7.05. The van der Waals surface area contributed by atoms with Crippen molar-refractivity contribution in [2.75, 3.05) is 18.4 Å². The number of carbonyl (C=O) groups excluding carboxylic acids is 2. The van der Waals surface area contributed by atoms with E-state index in [1.807, 2.05) is 36.6 Å². The summed E-state index contributed by atoms with van der Waals surface area (Å²) >= 11 is 1.61. The van der Waals surface area contributed by atoms with Gasteiger partial charge in [-0.1, -0.05) is 6.58 Å². The molecule has 1 aliphatic heterocycles. The van der Waals surface area contributed by atoms with Crippen LogP contribution in [0.3, 0.4) is 0 Å². The number of nitrogens with zero attached hydrogens (tertiary/aromatic N) is 2. The summed E-state index contributed by atoms with van der Waals surface area (Å²) < 4.78 is 0. The zero-order valence-corrected chi connectivity index (χ0v) is 15.0. The van der Waals surface area contributed by atoms with Gasteiger partial charge in [-0.3, -0.25) is 9.59 Å². The minimum atomic E-state index is -0.182. The van der Waals surface area contributed by atoms with E-state index in [2.05, 4.69) is 16.9 Å². The summed E-state index contributed by atoms with van der Waals surface area (Å²) in [5.74, 6) is -0.334. The summed E-state index contributed by atoms with van der Waals surface area (Å²) in [5, 5.41) is 5.94. The van der Waals surface area contributed by atoms with Crippen LogP contribution in [0.2, 0.25) is 0 Å². The molecule has 3 rings (SSSR count). The van der Waals surface area contributed by atoms with Gasteiger partial charge in [0, 0.05) is 35.4 Å². The Hall–Kier alpha value is -2.47. The van der Waals surface area contributed by atoms with Crippen molar-refractivity contribution >= 4 is 28.8 Å². The molecule has 2 amide bonds. The Balaban J connectivity index is 1.62. The summed E-state index contributed by atoms with van der Waals surface area (Å²) in [5.41, 5.74) is 2.80. The molecule has 5 nitrogen and oxygen atoms in total. The highest BCUT2D eigenvalue weighted by Gasteiger charge is 2.27. The van der Waals surface area contributed by atoms with Gasteiger partial charge >= 0.3 is 0 Å². The van der Waals surface area contributed by atoms with Gasteiger partial charge in [0.1, 0.15) is 5.01 Å². The van der Waals surface area contributed by atoms with Gasteiger partial charge in [0.2, 0.25) is 11.8 Å². The summed E-state index contributed by atoms with van der Waals surface area (Å²) in [6, 6.07) is 7.70. The van der Waals surface area contributed by atoms with Gasteiger partial charge in [-0.2, -0.15) is 0 Å². The lowest BCUT2D eigenvalue weighted by atomic mass is 9.97. The minimum Gasteiger partial charge on any atom is -0.338 e. The van der Waals surface area contributed by atoms with Crippen LogP contribution in [-0.2, 0) is 9.59 Å². The maximum Gasteiger partial charge on any atom is 0.245 e. The number of hydrogen-bond donors (Lipinski definition) is 1. The zero-order valence-electron chi connectivity index (χ0n) is 14.2. The van der Waals surface area contributed by atoms with E-state index in [1.54, 1.807) is 16.2 Å².